The van der Waals surface area contributed by atoms with E-state index in [0.29, 0.717) is 22.9 Å². The Labute approximate surface area is 94.6 Å². The number of aliphatic hydroxyl groups is 1. The van der Waals surface area contributed by atoms with Crippen molar-refractivity contribution in [3.05, 3.63) is 22.7 Å². The summed E-state index contributed by atoms with van der Waals surface area (Å²) >= 11 is 5.95. The van der Waals surface area contributed by atoms with Gasteiger partial charge in [-0.3, -0.25) is 0 Å². The fourth-order valence-corrected chi connectivity index (χ4v) is 1.70. The van der Waals surface area contributed by atoms with E-state index in [9.17, 15) is 5.11 Å². The minimum absolute atomic E-state index is 0.426. The van der Waals surface area contributed by atoms with E-state index >= 15 is 0 Å². The van der Waals surface area contributed by atoms with Crippen molar-refractivity contribution < 1.29 is 14.6 Å². The number of ether oxygens (including phenoxy) is 2. The van der Waals surface area contributed by atoms with Crippen LogP contribution in [0.1, 0.15) is 12.5 Å². The van der Waals surface area contributed by atoms with Gasteiger partial charge in [-0.05, 0) is 13.0 Å². The molecule has 0 aliphatic rings. The number of benzene rings is 1. The van der Waals surface area contributed by atoms with Crippen molar-refractivity contribution in [1.82, 2.24) is 0 Å². The number of aliphatic hydroxyl groups excluding tert-OH is 1. The third-order valence-electron chi connectivity index (χ3n) is 2.07. The molecular weight excluding hydrogens is 216 g/mol. The first-order valence-electron chi connectivity index (χ1n) is 4.67. The average Bonchev–Trinajstić information content (AvgIpc) is 2.19. The van der Waals surface area contributed by atoms with E-state index in [1.54, 1.807) is 20.1 Å². The van der Waals surface area contributed by atoms with Gasteiger partial charge < -0.3 is 14.6 Å². The second-order valence-corrected chi connectivity index (χ2v) is 3.73. The van der Waals surface area contributed by atoms with Crippen LogP contribution in [0.5, 0.6) is 11.5 Å². The topological polar surface area (TPSA) is 38.7 Å². The fourth-order valence-electron chi connectivity index (χ4n) is 1.47. The molecule has 1 unspecified atom stereocenters. The maximum atomic E-state index is 9.33. The summed E-state index contributed by atoms with van der Waals surface area (Å²) in [5, 5.41) is 9.83. The Morgan fingerprint density at radius 3 is 2.33 bits per heavy atom. The minimum Gasteiger partial charge on any atom is -0.493 e. The molecule has 0 saturated carbocycles. The molecule has 0 radical (unpaired) electrons. The molecule has 1 rings (SSSR count). The Balaban J connectivity index is 3.16. The lowest BCUT2D eigenvalue weighted by Crippen LogP contribution is -2.06. The van der Waals surface area contributed by atoms with Gasteiger partial charge in [-0.2, -0.15) is 0 Å². The zero-order chi connectivity index (χ0) is 11.4. The van der Waals surface area contributed by atoms with E-state index in [0.717, 1.165) is 5.56 Å². The van der Waals surface area contributed by atoms with Crippen molar-refractivity contribution in [3.63, 3.8) is 0 Å². The molecule has 1 aromatic carbocycles. The van der Waals surface area contributed by atoms with Crippen LogP contribution < -0.4 is 9.47 Å². The third-order valence-corrected chi connectivity index (χ3v) is 2.37. The summed E-state index contributed by atoms with van der Waals surface area (Å²) < 4.78 is 10.4. The Hall–Kier alpha value is -0.930. The smallest absolute Gasteiger partial charge is 0.179 e. The summed E-state index contributed by atoms with van der Waals surface area (Å²) in [7, 11) is 3.09. The monoisotopic (exact) mass is 230 g/mol. The van der Waals surface area contributed by atoms with Crippen LogP contribution >= 0.6 is 11.6 Å². The van der Waals surface area contributed by atoms with E-state index in [2.05, 4.69) is 0 Å². The Morgan fingerprint density at radius 2 is 1.87 bits per heavy atom. The highest BCUT2D eigenvalue weighted by Gasteiger charge is 2.14. The van der Waals surface area contributed by atoms with Crippen molar-refractivity contribution in [1.29, 1.82) is 0 Å². The number of hydrogen-bond donors (Lipinski definition) is 1. The van der Waals surface area contributed by atoms with E-state index in [-0.39, 0.29) is 0 Å². The molecule has 84 valence electrons. The summed E-state index contributed by atoms with van der Waals surface area (Å²) in [6.45, 7) is 1.72. The Morgan fingerprint density at radius 1 is 1.27 bits per heavy atom. The SMILES string of the molecule is COc1c(Cl)ccc(CC(C)O)c1OC. The van der Waals surface area contributed by atoms with E-state index < -0.39 is 6.10 Å². The van der Waals surface area contributed by atoms with Gasteiger partial charge in [0.1, 0.15) is 0 Å². The molecule has 0 aliphatic heterocycles. The molecule has 4 heteroatoms. The second kappa shape index (κ2) is 5.24. The molecule has 0 aromatic heterocycles. The predicted molar refractivity (Wildman–Crippen MR) is 59.9 cm³/mol. The summed E-state index contributed by atoms with van der Waals surface area (Å²) in [4.78, 5) is 0. The molecule has 0 aliphatic carbocycles. The van der Waals surface area contributed by atoms with Crippen molar-refractivity contribution in [2.45, 2.75) is 19.4 Å². The third kappa shape index (κ3) is 2.76. The van der Waals surface area contributed by atoms with E-state index in [1.807, 2.05) is 6.07 Å². The van der Waals surface area contributed by atoms with Crippen LogP contribution in [0.15, 0.2) is 12.1 Å². The van der Waals surface area contributed by atoms with Crippen LogP contribution in [0, 0.1) is 0 Å². The highest BCUT2D eigenvalue weighted by atomic mass is 35.5. The quantitative estimate of drug-likeness (QED) is 0.863. The zero-order valence-electron chi connectivity index (χ0n) is 9.08. The first kappa shape index (κ1) is 12.1. The van der Waals surface area contributed by atoms with Crippen molar-refractivity contribution in [2.75, 3.05) is 14.2 Å². The van der Waals surface area contributed by atoms with Crippen molar-refractivity contribution in [3.8, 4) is 11.5 Å². The fraction of sp³-hybridized carbons (Fsp3) is 0.455. The van der Waals surface area contributed by atoms with Gasteiger partial charge in [-0.15, -0.1) is 0 Å². The molecule has 1 N–H and O–H groups in total. The van der Waals surface area contributed by atoms with Crippen molar-refractivity contribution in [2.24, 2.45) is 0 Å². The van der Waals surface area contributed by atoms with Gasteiger partial charge in [0, 0.05) is 12.0 Å². The number of rotatable bonds is 4. The highest BCUT2D eigenvalue weighted by molar-refractivity contribution is 6.32. The molecule has 3 nitrogen and oxygen atoms in total. The summed E-state index contributed by atoms with van der Waals surface area (Å²) in [6.07, 6.45) is 0.0845. The predicted octanol–water partition coefficient (Wildman–Crippen LogP) is 2.28. The van der Waals surface area contributed by atoms with Gasteiger partial charge in [-0.25, -0.2) is 0 Å². The molecule has 0 bridgehead atoms. The maximum absolute atomic E-state index is 9.33. The van der Waals surface area contributed by atoms with Crippen molar-refractivity contribution >= 4 is 11.6 Å². The highest BCUT2D eigenvalue weighted by Crippen LogP contribution is 2.38. The molecule has 0 saturated heterocycles. The lowest BCUT2D eigenvalue weighted by atomic mass is 10.1. The maximum Gasteiger partial charge on any atom is 0.179 e. The molecule has 1 atom stereocenters. The average molecular weight is 231 g/mol. The van der Waals surface area contributed by atoms with Gasteiger partial charge >= 0.3 is 0 Å². The largest absolute Gasteiger partial charge is 0.493 e. The molecule has 0 fully saturated rings. The molecule has 1 aromatic rings. The lowest BCUT2D eigenvalue weighted by Gasteiger charge is -2.14. The second-order valence-electron chi connectivity index (χ2n) is 3.33. The Bertz CT molecular complexity index is 337. The van der Waals surface area contributed by atoms with Gasteiger partial charge in [-0.1, -0.05) is 17.7 Å². The van der Waals surface area contributed by atoms with Crippen LogP contribution in [-0.2, 0) is 6.42 Å². The number of halogens is 1. The molecule has 15 heavy (non-hydrogen) atoms. The summed E-state index contributed by atoms with van der Waals surface area (Å²) in [5.41, 5.74) is 0.883. The number of hydrogen-bond acceptors (Lipinski definition) is 3. The van der Waals surface area contributed by atoms with Gasteiger partial charge in [0.25, 0.3) is 0 Å². The normalized spacial score (nSPS) is 12.3. The molecular formula is C11H15ClO3. The van der Waals surface area contributed by atoms with Crippen LogP contribution in [0.2, 0.25) is 5.02 Å². The van der Waals surface area contributed by atoms with Gasteiger partial charge in [0.15, 0.2) is 11.5 Å². The number of methoxy groups -OCH3 is 2. The van der Waals surface area contributed by atoms with Crippen LogP contribution in [0.3, 0.4) is 0 Å². The van der Waals surface area contributed by atoms with Gasteiger partial charge in [0.2, 0.25) is 0 Å². The minimum atomic E-state index is -0.426. The molecule has 0 heterocycles. The molecule has 0 amide bonds. The van der Waals surface area contributed by atoms with E-state index in [1.165, 1.54) is 7.11 Å². The summed E-state index contributed by atoms with van der Waals surface area (Å²) in [6, 6.07) is 3.57. The first-order valence-corrected chi connectivity index (χ1v) is 5.05. The van der Waals surface area contributed by atoms with Gasteiger partial charge in [0.05, 0.1) is 25.3 Å². The van der Waals surface area contributed by atoms with Crippen LogP contribution in [0.4, 0.5) is 0 Å². The first-order chi connectivity index (χ1) is 7.10. The Kier molecular flexibility index (Phi) is 4.24. The molecule has 0 spiro atoms. The summed E-state index contributed by atoms with van der Waals surface area (Å²) in [5.74, 6) is 1.10. The zero-order valence-corrected chi connectivity index (χ0v) is 9.84. The lowest BCUT2D eigenvalue weighted by molar-refractivity contribution is 0.194. The van der Waals surface area contributed by atoms with Crippen LogP contribution in [-0.4, -0.2) is 25.4 Å². The van der Waals surface area contributed by atoms with E-state index in [4.69, 9.17) is 21.1 Å². The van der Waals surface area contributed by atoms with Crippen LogP contribution in [0.25, 0.3) is 0 Å². The standard InChI is InChI=1S/C11H15ClO3/c1-7(13)6-8-4-5-9(12)11(15-3)10(8)14-2/h4-5,7,13H,6H2,1-3H3.